The number of allylic oxidation sites excluding steroid dienone is 1. The number of rotatable bonds is 1. The fourth-order valence-electron chi connectivity index (χ4n) is 0.721. The highest BCUT2D eigenvalue weighted by Crippen LogP contribution is 1.69. The van der Waals surface area contributed by atoms with Crippen LogP contribution in [0.4, 0.5) is 0 Å². The maximum atomic E-state index is 10.9. The second-order valence-corrected chi connectivity index (χ2v) is 2.07. The molecule has 0 saturated heterocycles. The van der Waals surface area contributed by atoms with Gasteiger partial charge in [0.1, 0.15) is 0 Å². The van der Waals surface area contributed by atoms with Gasteiger partial charge in [-0.05, 0) is 6.08 Å². The molecule has 0 aliphatic heterocycles. The predicted molar refractivity (Wildman–Crippen MR) is 42.8 cm³/mol. The molecule has 7 heteroatoms. The molecule has 0 atom stereocenters. The Kier molecular flexibility index (Phi) is 2.09. The lowest BCUT2D eigenvalue weighted by molar-refractivity contribution is 0.0957. The van der Waals surface area contributed by atoms with Crippen molar-refractivity contribution in [1.29, 1.82) is 0 Å². The van der Waals surface area contributed by atoms with Gasteiger partial charge < -0.3 is 0 Å². The predicted octanol–water partition coefficient (Wildman–Crippen LogP) is -1.95. The van der Waals surface area contributed by atoms with Crippen LogP contribution >= 0.6 is 0 Å². The van der Waals surface area contributed by atoms with Crippen molar-refractivity contribution in [3.05, 3.63) is 44.1 Å². The second-order valence-electron chi connectivity index (χ2n) is 2.07. The van der Waals surface area contributed by atoms with Crippen molar-refractivity contribution in [1.82, 2.24) is 14.5 Å². The maximum absolute atomic E-state index is 10.9. The first kappa shape index (κ1) is 8.91. The maximum Gasteiger partial charge on any atom is 0.340 e. The lowest BCUT2D eigenvalue weighted by atomic mass is 10.6. The van der Waals surface area contributed by atoms with Crippen molar-refractivity contribution in [3.8, 4) is 0 Å². The summed E-state index contributed by atoms with van der Waals surface area (Å²) < 4.78 is 0.231. The van der Waals surface area contributed by atoms with Crippen LogP contribution in [0.1, 0.15) is 4.79 Å². The zero-order chi connectivity index (χ0) is 10.0. The molecule has 13 heavy (non-hydrogen) atoms. The van der Waals surface area contributed by atoms with E-state index in [1.807, 2.05) is 0 Å². The van der Waals surface area contributed by atoms with Crippen molar-refractivity contribution in [2.24, 2.45) is 0 Å². The fraction of sp³-hybridized carbons (Fsp3) is 0. The summed E-state index contributed by atoms with van der Waals surface area (Å²) in [4.78, 5) is 46.6. The van der Waals surface area contributed by atoms with Crippen molar-refractivity contribution >= 4 is 5.91 Å². The Balaban J connectivity index is 3.66. The normalized spacial score (nSPS) is 9.54. The Labute approximate surface area is 70.4 Å². The minimum atomic E-state index is -1.08. The summed E-state index contributed by atoms with van der Waals surface area (Å²) in [6.45, 7) is 3.09. The Morgan fingerprint density at radius 2 is 1.69 bits per heavy atom. The smallest absolute Gasteiger partial charge is 0.269 e. The molecule has 0 aromatic carbocycles. The molecular weight excluding hydrogens is 178 g/mol. The molecule has 1 aromatic rings. The second kappa shape index (κ2) is 3.05. The fourth-order valence-corrected chi connectivity index (χ4v) is 0.721. The van der Waals surface area contributed by atoms with Crippen LogP contribution in [0.15, 0.2) is 27.0 Å². The Hall–Kier alpha value is -2.18. The van der Waals surface area contributed by atoms with Crippen LogP contribution in [-0.2, 0) is 0 Å². The van der Waals surface area contributed by atoms with Crippen molar-refractivity contribution in [2.75, 3.05) is 0 Å². The highest BCUT2D eigenvalue weighted by molar-refractivity contribution is 5.88. The van der Waals surface area contributed by atoms with Crippen molar-refractivity contribution in [3.63, 3.8) is 0 Å². The molecule has 0 unspecified atom stereocenters. The first-order chi connectivity index (χ1) is 6.06. The average molecular weight is 183 g/mol. The first-order valence-electron chi connectivity index (χ1n) is 3.18. The summed E-state index contributed by atoms with van der Waals surface area (Å²) in [6, 6.07) is 0. The van der Waals surface area contributed by atoms with E-state index in [4.69, 9.17) is 0 Å². The van der Waals surface area contributed by atoms with Crippen molar-refractivity contribution < 1.29 is 4.79 Å². The number of nitrogens with one attached hydrogen (secondary N) is 2. The van der Waals surface area contributed by atoms with Gasteiger partial charge in [0.05, 0.1) is 0 Å². The number of carbonyl (C=O) groups is 1. The zero-order valence-electron chi connectivity index (χ0n) is 6.36. The monoisotopic (exact) mass is 183 g/mol. The number of nitrogens with zero attached hydrogens (tertiary/aromatic N) is 1. The number of H-pyrrole nitrogens is 2. The molecule has 0 saturated carbocycles. The van der Waals surface area contributed by atoms with E-state index in [-0.39, 0.29) is 4.57 Å². The molecule has 0 radical (unpaired) electrons. The molecule has 2 N–H and O–H groups in total. The molecule has 0 amide bonds. The molecule has 0 aliphatic carbocycles. The molecule has 7 nitrogen and oxygen atoms in total. The molecular formula is C6H5N3O4. The van der Waals surface area contributed by atoms with Gasteiger partial charge in [0.15, 0.2) is 0 Å². The van der Waals surface area contributed by atoms with Gasteiger partial charge in [-0.15, -0.1) is 0 Å². The Morgan fingerprint density at radius 3 is 2.08 bits per heavy atom. The van der Waals surface area contributed by atoms with Gasteiger partial charge in [-0.2, -0.15) is 4.57 Å². The molecule has 1 heterocycles. The lowest BCUT2D eigenvalue weighted by Crippen LogP contribution is -2.45. The summed E-state index contributed by atoms with van der Waals surface area (Å²) in [5, 5.41) is 0. The number of aromatic amines is 2. The van der Waals surface area contributed by atoms with Crippen LogP contribution < -0.4 is 17.1 Å². The summed E-state index contributed by atoms with van der Waals surface area (Å²) >= 11 is 0. The number of carbonyl (C=O) groups excluding carboxylic acids is 1. The van der Waals surface area contributed by atoms with E-state index in [0.29, 0.717) is 0 Å². The van der Waals surface area contributed by atoms with Gasteiger partial charge in [-0.1, -0.05) is 6.58 Å². The van der Waals surface area contributed by atoms with E-state index in [9.17, 15) is 19.2 Å². The molecule has 1 aromatic heterocycles. The Bertz CT molecular complexity index is 483. The van der Waals surface area contributed by atoms with Gasteiger partial charge in [0.25, 0.3) is 5.91 Å². The minimum absolute atomic E-state index is 0.231. The van der Waals surface area contributed by atoms with Gasteiger partial charge in [0, 0.05) is 0 Å². The Morgan fingerprint density at radius 1 is 1.23 bits per heavy atom. The van der Waals surface area contributed by atoms with Crippen LogP contribution in [0.5, 0.6) is 0 Å². The van der Waals surface area contributed by atoms with Crippen LogP contribution in [0.25, 0.3) is 0 Å². The van der Waals surface area contributed by atoms with Gasteiger partial charge in [-0.25, -0.2) is 14.4 Å². The van der Waals surface area contributed by atoms with Crippen LogP contribution in [-0.4, -0.2) is 20.4 Å². The van der Waals surface area contributed by atoms with Crippen LogP contribution in [0.2, 0.25) is 0 Å². The average Bonchev–Trinajstić information content (AvgIpc) is 2.02. The van der Waals surface area contributed by atoms with E-state index < -0.39 is 23.0 Å². The quantitative estimate of drug-likeness (QED) is 0.493. The summed E-state index contributed by atoms with van der Waals surface area (Å²) in [7, 11) is 0. The molecule has 0 aliphatic rings. The highest BCUT2D eigenvalue weighted by atomic mass is 16.2. The minimum Gasteiger partial charge on any atom is -0.269 e. The summed E-state index contributed by atoms with van der Waals surface area (Å²) in [6.07, 6.45) is 0.787. The largest absolute Gasteiger partial charge is 0.340 e. The van der Waals surface area contributed by atoms with E-state index >= 15 is 0 Å². The molecule has 0 spiro atoms. The molecule has 68 valence electrons. The third-order valence-corrected chi connectivity index (χ3v) is 1.24. The SMILES string of the molecule is C=CC(=O)n1c(=O)[nH]c(=O)[nH]c1=O. The van der Waals surface area contributed by atoms with E-state index in [1.54, 1.807) is 9.97 Å². The first-order valence-corrected chi connectivity index (χ1v) is 3.18. The molecule has 0 bridgehead atoms. The van der Waals surface area contributed by atoms with Crippen molar-refractivity contribution in [2.45, 2.75) is 0 Å². The zero-order valence-corrected chi connectivity index (χ0v) is 6.36. The topological polar surface area (TPSA) is 105 Å². The van der Waals surface area contributed by atoms with Gasteiger partial charge in [0.2, 0.25) is 0 Å². The molecule has 1 rings (SSSR count). The summed E-state index contributed by atoms with van der Waals surface area (Å²) in [5.74, 6) is -0.900. The van der Waals surface area contributed by atoms with Crippen LogP contribution in [0, 0.1) is 0 Å². The van der Waals surface area contributed by atoms with E-state index in [1.165, 1.54) is 0 Å². The molecule has 0 fully saturated rings. The van der Waals surface area contributed by atoms with Crippen LogP contribution in [0.3, 0.4) is 0 Å². The van der Waals surface area contributed by atoms with Gasteiger partial charge >= 0.3 is 17.1 Å². The number of aromatic nitrogens is 3. The standard InChI is InChI=1S/C6H5N3O4/c1-2-3(10)9-5(12)7-4(11)8-6(9)13/h2H,1H2,(H2,7,8,11,12,13). The third kappa shape index (κ3) is 1.53. The summed E-state index contributed by atoms with van der Waals surface area (Å²) in [5.41, 5.74) is -3.12. The number of hydrogen-bond acceptors (Lipinski definition) is 4. The van der Waals surface area contributed by atoms with E-state index in [2.05, 4.69) is 6.58 Å². The van der Waals surface area contributed by atoms with E-state index in [0.717, 1.165) is 6.08 Å². The highest BCUT2D eigenvalue weighted by Gasteiger charge is 2.07. The third-order valence-electron chi connectivity index (χ3n) is 1.24. The van der Waals surface area contributed by atoms with Gasteiger partial charge in [-0.3, -0.25) is 14.8 Å². The lowest BCUT2D eigenvalue weighted by Gasteiger charge is -1.94. The number of hydrogen-bond donors (Lipinski definition) is 2.